The lowest BCUT2D eigenvalue weighted by Crippen LogP contribution is -2.40. The minimum atomic E-state index is -0.966. The van der Waals surface area contributed by atoms with Gasteiger partial charge in [0.15, 0.2) is 0 Å². The molecular weight excluding hydrogens is 502 g/mol. The van der Waals surface area contributed by atoms with Gasteiger partial charge in [-0.1, -0.05) is 55.8 Å². The molecule has 38 heavy (non-hydrogen) atoms. The Hall–Kier alpha value is -3.42. The lowest BCUT2D eigenvalue weighted by Gasteiger charge is -2.21. The summed E-state index contributed by atoms with van der Waals surface area (Å²) in [6, 6.07) is 16.5. The Morgan fingerprint density at radius 1 is 1.08 bits per heavy atom. The number of carboxylic acids is 1. The summed E-state index contributed by atoms with van der Waals surface area (Å²) in [7, 11) is 4.03. The molecule has 202 valence electrons. The Morgan fingerprint density at radius 3 is 2.47 bits per heavy atom. The molecule has 8 heteroatoms. The smallest absolute Gasteiger partial charge is 0.305 e. The molecule has 0 unspecified atom stereocenters. The number of hydrogen-bond donors (Lipinski definition) is 2. The van der Waals surface area contributed by atoms with Crippen molar-refractivity contribution in [3.05, 3.63) is 70.9 Å². The number of hydrogen-bond acceptors (Lipinski definition) is 5. The molecule has 7 nitrogen and oxygen atoms in total. The zero-order valence-electron chi connectivity index (χ0n) is 22.6. The molecule has 0 saturated heterocycles. The Balaban J connectivity index is 2.03. The summed E-state index contributed by atoms with van der Waals surface area (Å²) in [4.78, 5) is 31.3. The number of halogens is 1. The summed E-state index contributed by atoms with van der Waals surface area (Å²) in [6.45, 7) is 7.19. The van der Waals surface area contributed by atoms with E-state index < -0.39 is 17.9 Å². The molecule has 1 atom stereocenters. The van der Waals surface area contributed by atoms with E-state index in [2.05, 4.69) is 10.2 Å². The molecule has 0 aliphatic rings. The Morgan fingerprint density at radius 2 is 1.82 bits per heavy atom. The second-order valence-corrected chi connectivity index (χ2v) is 10.4. The Bertz CT molecular complexity index is 1280. The van der Waals surface area contributed by atoms with Crippen LogP contribution in [-0.4, -0.2) is 60.2 Å². The van der Waals surface area contributed by atoms with E-state index in [1.807, 2.05) is 77.3 Å². The summed E-state index contributed by atoms with van der Waals surface area (Å²) < 4.78 is 5.99. The van der Waals surface area contributed by atoms with E-state index in [4.69, 9.17) is 21.3 Å². The van der Waals surface area contributed by atoms with Gasteiger partial charge >= 0.3 is 5.97 Å². The van der Waals surface area contributed by atoms with E-state index in [1.165, 1.54) is 0 Å². The van der Waals surface area contributed by atoms with E-state index in [-0.39, 0.29) is 18.0 Å². The first-order chi connectivity index (χ1) is 18.1. The SMILES string of the molecule is Cc1ccccc1-c1ccc(C(=O)N[C@H](CC(=O)O)C(C)C)nc1-c1ccc(Cl)c(OCCCN(C)C)c1. The second-order valence-electron chi connectivity index (χ2n) is 9.98. The fourth-order valence-corrected chi connectivity index (χ4v) is 4.28. The highest BCUT2D eigenvalue weighted by atomic mass is 35.5. The predicted molar refractivity (Wildman–Crippen MR) is 152 cm³/mol. The summed E-state index contributed by atoms with van der Waals surface area (Å²) in [5.41, 5.74) is 4.51. The van der Waals surface area contributed by atoms with Crippen LogP contribution in [0.4, 0.5) is 0 Å². The molecule has 2 aromatic carbocycles. The highest BCUT2D eigenvalue weighted by Crippen LogP contribution is 2.36. The number of aliphatic carboxylic acids is 1. The van der Waals surface area contributed by atoms with Crippen LogP contribution in [0.2, 0.25) is 5.02 Å². The number of aromatic nitrogens is 1. The minimum absolute atomic E-state index is 0.0516. The number of pyridine rings is 1. The predicted octanol–water partition coefficient (Wildman–Crippen LogP) is 5.94. The number of benzene rings is 2. The van der Waals surface area contributed by atoms with E-state index in [0.717, 1.165) is 35.2 Å². The average molecular weight is 538 g/mol. The topological polar surface area (TPSA) is 91.8 Å². The van der Waals surface area contributed by atoms with Crippen molar-refractivity contribution in [2.45, 2.75) is 39.7 Å². The number of nitrogens with one attached hydrogen (secondary N) is 1. The summed E-state index contributed by atoms with van der Waals surface area (Å²) in [6.07, 6.45) is 0.687. The number of aryl methyl sites for hydroxylation is 1. The van der Waals surface area contributed by atoms with Crippen molar-refractivity contribution in [2.24, 2.45) is 5.92 Å². The van der Waals surface area contributed by atoms with Crippen molar-refractivity contribution in [2.75, 3.05) is 27.2 Å². The fourth-order valence-electron chi connectivity index (χ4n) is 4.11. The van der Waals surface area contributed by atoms with Gasteiger partial charge < -0.3 is 20.1 Å². The quantitative estimate of drug-likeness (QED) is 0.278. The largest absolute Gasteiger partial charge is 0.492 e. The Labute approximate surface area is 229 Å². The van der Waals surface area contributed by atoms with Gasteiger partial charge in [-0.3, -0.25) is 9.59 Å². The van der Waals surface area contributed by atoms with Gasteiger partial charge in [0.2, 0.25) is 0 Å². The highest BCUT2D eigenvalue weighted by Gasteiger charge is 2.22. The fraction of sp³-hybridized carbons (Fsp3) is 0.367. The molecule has 0 aliphatic heterocycles. The normalized spacial score (nSPS) is 12.0. The van der Waals surface area contributed by atoms with E-state index in [1.54, 1.807) is 12.1 Å². The van der Waals surface area contributed by atoms with Crippen LogP contribution in [0.25, 0.3) is 22.4 Å². The number of carbonyl (C=O) groups excluding carboxylic acids is 1. The molecule has 0 saturated carbocycles. The zero-order chi connectivity index (χ0) is 27.8. The number of amides is 1. The molecule has 0 radical (unpaired) electrons. The maximum atomic E-state index is 13.2. The van der Waals surface area contributed by atoms with Crippen molar-refractivity contribution in [3.8, 4) is 28.1 Å². The van der Waals surface area contributed by atoms with Crippen LogP contribution in [0.3, 0.4) is 0 Å². The van der Waals surface area contributed by atoms with Crippen LogP contribution in [0.15, 0.2) is 54.6 Å². The lowest BCUT2D eigenvalue weighted by atomic mass is 9.95. The van der Waals surface area contributed by atoms with Crippen LogP contribution in [0.5, 0.6) is 5.75 Å². The third kappa shape index (κ3) is 7.79. The number of carboxylic acid groups (broad SMARTS) is 1. The first kappa shape index (κ1) is 29.1. The highest BCUT2D eigenvalue weighted by molar-refractivity contribution is 6.32. The summed E-state index contributed by atoms with van der Waals surface area (Å²) in [5.74, 6) is -0.885. The van der Waals surface area contributed by atoms with E-state index in [0.29, 0.717) is 23.1 Å². The van der Waals surface area contributed by atoms with Crippen molar-refractivity contribution in [1.29, 1.82) is 0 Å². The van der Waals surface area contributed by atoms with Gasteiger partial charge in [0, 0.05) is 23.7 Å². The minimum Gasteiger partial charge on any atom is -0.492 e. The maximum absolute atomic E-state index is 13.2. The lowest BCUT2D eigenvalue weighted by molar-refractivity contribution is -0.137. The molecular formula is C30H36ClN3O4. The maximum Gasteiger partial charge on any atom is 0.305 e. The van der Waals surface area contributed by atoms with E-state index >= 15 is 0 Å². The first-order valence-corrected chi connectivity index (χ1v) is 13.1. The number of rotatable bonds is 12. The Kier molecular flexibility index (Phi) is 10.3. The number of ether oxygens (including phenoxy) is 1. The van der Waals surface area contributed by atoms with E-state index in [9.17, 15) is 14.7 Å². The van der Waals surface area contributed by atoms with Gasteiger partial charge in [0.25, 0.3) is 5.91 Å². The van der Waals surface area contributed by atoms with Crippen molar-refractivity contribution < 1.29 is 19.4 Å². The van der Waals surface area contributed by atoms with Crippen LogP contribution in [0.1, 0.15) is 42.7 Å². The van der Waals surface area contributed by atoms with Gasteiger partial charge in [0.05, 0.1) is 23.7 Å². The van der Waals surface area contributed by atoms with Crippen LogP contribution in [0, 0.1) is 12.8 Å². The standard InChI is InChI=1S/C30H36ClN3O4/c1-19(2)26(18-28(35)36)33-30(37)25-14-12-23(22-10-7-6-9-20(22)3)29(32-25)21-11-13-24(31)27(17-21)38-16-8-15-34(4)5/h6-7,9-14,17,19,26H,8,15-16,18H2,1-5H3,(H,33,37)(H,35,36)/t26-/m1/s1. The average Bonchev–Trinajstić information content (AvgIpc) is 2.86. The van der Waals surface area contributed by atoms with Crippen LogP contribution in [-0.2, 0) is 4.79 Å². The van der Waals surface area contributed by atoms with Gasteiger partial charge in [-0.15, -0.1) is 0 Å². The second kappa shape index (κ2) is 13.4. The molecule has 0 fully saturated rings. The van der Waals surface area contributed by atoms with Crippen LogP contribution < -0.4 is 10.1 Å². The van der Waals surface area contributed by atoms with Crippen molar-refractivity contribution in [1.82, 2.24) is 15.2 Å². The van der Waals surface area contributed by atoms with Gasteiger partial charge in [-0.2, -0.15) is 0 Å². The molecule has 0 bridgehead atoms. The first-order valence-electron chi connectivity index (χ1n) is 12.7. The molecule has 0 aliphatic carbocycles. The van der Waals surface area contributed by atoms with Gasteiger partial charge in [0.1, 0.15) is 11.4 Å². The molecule has 1 amide bonds. The molecule has 0 spiro atoms. The third-order valence-electron chi connectivity index (χ3n) is 6.29. The van der Waals surface area contributed by atoms with Crippen molar-refractivity contribution >= 4 is 23.5 Å². The molecule has 2 N–H and O–H groups in total. The molecule has 3 rings (SSSR count). The summed E-state index contributed by atoms with van der Waals surface area (Å²) >= 11 is 6.45. The molecule has 1 heterocycles. The number of carbonyl (C=O) groups is 2. The van der Waals surface area contributed by atoms with Gasteiger partial charge in [-0.05, 0) is 68.8 Å². The summed E-state index contributed by atoms with van der Waals surface area (Å²) in [5, 5.41) is 12.6. The monoisotopic (exact) mass is 537 g/mol. The molecule has 3 aromatic rings. The van der Waals surface area contributed by atoms with Crippen molar-refractivity contribution in [3.63, 3.8) is 0 Å². The van der Waals surface area contributed by atoms with Crippen LogP contribution >= 0.6 is 11.6 Å². The zero-order valence-corrected chi connectivity index (χ0v) is 23.4. The van der Waals surface area contributed by atoms with Gasteiger partial charge in [-0.25, -0.2) is 4.98 Å². The molecule has 1 aromatic heterocycles. The number of nitrogens with zero attached hydrogens (tertiary/aromatic N) is 2. The third-order valence-corrected chi connectivity index (χ3v) is 6.60.